The van der Waals surface area contributed by atoms with E-state index in [2.05, 4.69) is 5.32 Å². The van der Waals surface area contributed by atoms with Crippen LogP contribution in [0.4, 0.5) is 5.69 Å². The second kappa shape index (κ2) is 5.59. The third-order valence-corrected chi connectivity index (χ3v) is 3.37. The molecule has 1 aromatic carbocycles. The van der Waals surface area contributed by atoms with Crippen LogP contribution >= 0.6 is 11.6 Å². The van der Waals surface area contributed by atoms with Crippen LogP contribution in [0.3, 0.4) is 0 Å². The van der Waals surface area contributed by atoms with E-state index in [4.69, 9.17) is 22.4 Å². The second-order valence-corrected chi connectivity index (χ2v) is 5.19. The molecule has 0 aromatic heterocycles. The summed E-state index contributed by atoms with van der Waals surface area (Å²) >= 11 is 5.74. The molecule has 1 atom stereocenters. The number of carbonyl (C=O) groups is 2. The molecule has 0 radical (unpaired) electrons. The van der Waals surface area contributed by atoms with Crippen LogP contribution < -0.4 is 11.1 Å². The van der Waals surface area contributed by atoms with Crippen molar-refractivity contribution in [1.29, 1.82) is 0 Å². The zero-order chi connectivity index (χ0) is 14.0. The van der Waals surface area contributed by atoms with Gasteiger partial charge in [0.05, 0.1) is 11.3 Å². The molecule has 1 saturated carbocycles. The molecule has 1 aliphatic carbocycles. The van der Waals surface area contributed by atoms with Crippen molar-refractivity contribution in [2.24, 2.45) is 11.7 Å². The molecule has 0 heterocycles. The summed E-state index contributed by atoms with van der Waals surface area (Å²) < 4.78 is 0. The van der Waals surface area contributed by atoms with Gasteiger partial charge in [-0.25, -0.2) is 4.79 Å². The summed E-state index contributed by atoms with van der Waals surface area (Å²) in [6, 6.07) is 4.16. The summed E-state index contributed by atoms with van der Waals surface area (Å²) in [5.41, 5.74) is 6.07. The molecule has 6 heteroatoms. The fourth-order valence-corrected chi connectivity index (χ4v) is 2.08. The van der Waals surface area contributed by atoms with Crippen molar-refractivity contribution in [3.05, 3.63) is 28.8 Å². The quantitative estimate of drug-likeness (QED) is 0.771. The first-order chi connectivity index (χ1) is 8.97. The van der Waals surface area contributed by atoms with Crippen molar-refractivity contribution in [3.8, 4) is 0 Å². The molecule has 0 aliphatic heterocycles. The zero-order valence-corrected chi connectivity index (χ0v) is 11.0. The normalized spacial score (nSPS) is 15.9. The Morgan fingerprint density at radius 1 is 1.47 bits per heavy atom. The van der Waals surface area contributed by atoms with Crippen molar-refractivity contribution < 1.29 is 14.7 Å². The van der Waals surface area contributed by atoms with Gasteiger partial charge in [-0.1, -0.05) is 11.6 Å². The molecule has 19 heavy (non-hydrogen) atoms. The minimum atomic E-state index is -1.13. The topological polar surface area (TPSA) is 92.4 Å². The molecular weight excluding hydrogens is 268 g/mol. The highest BCUT2D eigenvalue weighted by Crippen LogP contribution is 2.33. The molecule has 4 N–H and O–H groups in total. The predicted octanol–water partition coefficient (Wildman–Crippen LogP) is 2.10. The molecule has 2 rings (SSSR count). The number of hydrogen-bond acceptors (Lipinski definition) is 3. The zero-order valence-electron chi connectivity index (χ0n) is 10.2. The molecule has 0 bridgehead atoms. The molecule has 1 aliphatic rings. The van der Waals surface area contributed by atoms with Crippen LogP contribution in [-0.4, -0.2) is 23.0 Å². The third-order valence-electron chi connectivity index (χ3n) is 3.13. The maximum atomic E-state index is 11.8. The van der Waals surface area contributed by atoms with Crippen molar-refractivity contribution in [1.82, 2.24) is 0 Å². The number of rotatable bonds is 5. The van der Waals surface area contributed by atoms with Crippen molar-refractivity contribution in [2.75, 3.05) is 5.32 Å². The van der Waals surface area contributed by atoms with Crippen molar-refractivity contribution in [2.45, 2.75) is 25.3 Å². The first-order valence-corrected chi connectivity index (χ1v) is 6.43. The van der Waals surface area contributed by atoms with Crippen LogP contribution in [0, 0.1) is 5.92 Å². The second-order valence-electron chi connectivity index (χ2n) is 4.75. The summed E-state index contributed by atoms with van der Waals surface area (Å²) in [6.07, 6.45) is 2.33. The lowest BCUT2D eigenvalue weighted by Crippen LogP contribution is -2.29. The number of nitrogens with one attached hydrogen (secondary N) is 1. The van der Waals surface area contributed by atoms with E-state index in [9.17, 15) is 9.59 Å². The molecule has 0 spiro atoms. The minimum absolute atomic E-state index is 0.0270. The Labute approximate surface area is 115 Å². The summed E-state index contributed by atoms with van der Waals surface area (Å²) in [6.45, 7) is 0. The number of carbonyl (C=O) groups excluding carboxylic acids is 1. The molecule has 1 amide bonds. The van der Waals surface area contributed by atoms with E-state index in [-0.39, 0.29) is 29.6 Å². The molecule has 5 nitrogen and oxygen atoms in total. The van der Waals surface area contributed by atoms with E-state index in [0.717, 1.165) is 12.8 Å². The average Bonchev–Trinajstić information content (AvgIpc) is 3.15. The highest BCUT2D eigenvalue weighted by Gasteiger charge is 2.30. The Bertz CT molecular complexity index is 515. The molecule has 1 unspecified atom stereocenters. The SMILES string of the molecule is NC(CC(=O)Nc1ccc(Cl)cc1C(=O)O)C1CC1. The largest absolute Gasteiger partial charge is 0.478 e. The Hall–Kier alpha value is -1.59. The summed E-state index contributed by atoms with van der Waals surface area (Å²) in [5, 5.41) is 11.9. The number of anilines is 1. The fraction of sp³-hybridized carbons (Fsp3) is 0.385. The molecule has 1 fully saturated rings. The Balaban J connectivity index is 2.05. The van der Waals surface area contributed by atoms with E-state index in [1.54, 1.807) is 0 Å². The molecule has 0 saturated heterocycles. The first-order valence-electron chi connectivity index (χ1n) is 6.05. The highest BCUT2D eigenvalue weighted by molar-refractivity contribution is 6.31. The average molecular weight is 283 g/mol. The molecular formula is C13H15ClN2O3. The van der Waals surface area contributed by atoms with Crippen molar-refractivity contribution in [3.63, 3.8) is 0 Å². The van der Waals surface area contributed by atoms with Gasteiger partial charge in [0.1, 0.15) is 0 Å². The standard InChI is InChI=1S/C13H15ClN2O3/c14-8-3-4-11(9(5-8)13(18)19)16-12(17)6-10(15)7-1-2-7/h3-5,7,10H,1-2,6,15H2,(H,16,17)(H,18,19). The van der Waals surface area contributed by atoms with Gasteiger partial charge < -0.3 is 16.2 Å². The minimum Gasteiger partial charge on any atom is -0.478 e. The third kappa shape index (κ3) is 3.68. The van der Waals surface area contributed by atoms with E-state index in [0.29, 0.717) is 10.9 Å². The number of nitrogens with two attached hydrogens (primary N) is 1. The highest BCUT2D eigenvalue weighted by atomic mass is 35.5. The molecule has 102 valence electrons. The van der Waals surface area contributed by atoms with Crippen LogP contribution in [-0.2, 0) is 4.79 Å². The number of amides is 1. The van der Waals surface area contributed by atoms with E-state index < -0.39 is 5.97 Å². The lowest BCUT2D eigenvalue weighted by molar-refractivity contribution is -0.116. The van der Waals surface area contributed by atoms with Gasteiger partial charge in [0, 0.05) is 17.5 Å². The summed E-state index contributed by atoms with van der Waals surface area (Å²) in [7, 11) is 0. The van der Waals surface area contributed by atoms with Crippen LogP contribution in [0.1, 0.15) is 29.6 Å². The molecule has 1 aromatic rings. The lowest BCUT2D eigenvalue weighted by Gasteiger charge is -2.12. The fourth-order valence-electron chi connectivity index (χ4n) is 1.91. The van der Waals surface area contributed by atoms with Crippen molar-refractivity contribution >= 4 is 29.2 Å². The number of hydrogen-bond donors (Lipinski definition) is 3. The predicted molar refractivity (Wildman–Crippen MR) is 72.4 cm³/mol. The number of carboxylic acids is 1. The van der Waals surface area contributed by atoms with Crippen LogP contribution in [0.5, 0.6) is 0 Å². The summed E-state index contributed by atoms with van der Waals surface area (Å²) in [5.74, 6) is -0.983. The van der Waals surface area contributed by atoms with Gasteiger partial charge in [0.15, 0.2) is 0 Å². The van der Waals surface area contributed by atoms with Gasteiger partial charge in [-0.15, -0.1) is 0 Å². The maximum absolute atomic E-state index is 11.8. The maximum Gasteiger partial charge on any atom is 0.337 e. The van der Waals surface area contributed by atoms with Gasteiger partial charge in [-0.05, 0) is 37.0 Å². The number of aromatic carboxylic acids is 1. The Morgan fingerprint density at radius 3 is 2.74 bits per heavy atom. The van der Waals surface area contributed by atoms with Gasteiger partial charge in [0.25, 0.3) is 0 Å². The van der Waals surface area contributed by atoms with Gasteiger partial charge in [-0.2, -0.15) is 0 Å². The van der Waals surface area contributed by atoms with Gasteiger partial charge >= 0.3 is 5.97 Å². The van der Waals surface area contributed by atoms with Gasteiger partial charge in [-0.3, -0.25) is 4.79 Å². The number of benzene rings is 1. The summed E-state index contributed by atoms with van der Waals surface area (Å²) in [4.78, 5) is 22.9. The smallest absolute Gasteiger partial charge is 0.337 e. The van der Waals surface area contributed by atoms with E-state index in [1.165, 1.54) is 18.2 Å². The van der Waals surface area contributed by atoms with Crippen LogP contribution in [0.2, 0.25) is 5.02 Å². The van der Waals surface area contributed by atoms with Crippen LogP contribution in [0.25, 0.3) is 0 Å². The van der Waals surface area contributed by atoms with Crippen LogP contribution in [0.15, 0.2) is 18.2 Å². The van der Waals surface area contributed by atoms with E-state index in [1.807, 2.05) is 0 Å². The van der Waals surface area contributed by atoms with E-state index >= 15 is 0 Å². The lowest BCUT2D eigenvalue weighted by atomic mass is 10.1. The first kappa shape index (κ1) is 13.8. The Morgan fingerprint density at radius 2 is 2.16 bits per heavy atom. The number of carboxylic acid groups (broad SMARTS) is 1. The Kier molecular flexibility index (Phi) is 4.07. The monoisotopic (exact) mass is 282 g/mol. The number of halogens is 1. The van der Waals surface area contributed by atoms with Gasteiger partial charge in [0.2, 0.25) is 5.91 Å².